The number of esters is 1. The zero-order valence-corrected chi connectivity index (χ0v) is 11.7. The first-order valence-electron chi connectivity index (χ1n) is 5.66. The highest BCUT2D eigenvalue weighted by Crippen LogP contribution is 2.32. The zero-order valence-electron chi connectivity index (χ0n) is 10.9. The van der Waals surface area contributed by atoms with Crippen LogP contribution in [0.4, 0.5) is 0 Å². The molecular formula is C14H12O5S. The summed E-state index contributed by atoms with van der Waals surface area (Å²) in [6.45, 7) is 0. The van der Waals surface area contributed by atoms with Crippen molar-refractivity contribution in [1.82, 2.24) is 0 Å². The normalized spacial score (nSPS) is 10.1. The lowest BCUT2D eigenvalue weighted by Crippen LogP contribution is -2.03. The molecule has 0 aliphatic rings. The molecule has 2 rings (SSSR count). The molecule has 0 fully saturated rings. The molecule has 0 unspecified atom stereocenters. The van der Waals surface area contributed by atoms with Gasteiger partial charge >= 0.3 is 11.9 Å². The third-order valence-corrected chi connectivity index (χ3v) is 3.83. The fraction of sp³-hybridized carbons (Fsp3) is 0.143. The SMILES string of the molecule is COC(=O)c1ccc(-c2ccc(C(=O)O)s2)cc1OC. The predicted molar refractivity (Wildman–Crippen MR) is 74.6 cm³/mol. The second-order valence-corrected chi connectivity index (χ2v) is 4.96. The van der Waals surface area contributed by atoms with Gasteiger partial charge in [0.05, 0.1) is 14.2 Å². The number of hydrogen-bond acceptors (Lipinski definition) is 5. The number of benzene rings is 1. The highest BCUT2D eigenvalue weighted by atomic mass is 32.1. The van der Waals surface area contributed by atoms with Crippen LogP contribution in [0.25, 0.3) is 10.4 Å². The van der Waals surface area contributed by atoms with Gasteiger partial charge in [0.1, 0.15) is 16.2 Å². The summed E-state index contributed by atoms with van der Waals surface area (Å²) in [6, 6.07) is 8.28. The Labute approximate surface area is 119 Å². The molecule has 0 amide bonds. The minimum absolute atomic E-state index is 0.260. The maximum absolute atomic E-state index is 11.6. The molecule has 0 atom stereocenters. The lowest BCUT2D eigenvalue weighted by Gasteiger charge is -2.08. The van der Waals surface area contributed by atoms with E-state index < -0.39 is 11.9 Å². The molecule has 1 aromatic carbocycles. The number of hydrogen-bond donors (Lipinski definition) is 1. The van der Waals surface area contributed by atoms with E-state index in [2.05, 4.69) is 4.74 Å². The summed E-state index contributed by atoms with van der Waals surface area (Å²) < 4.78 is 9.84. The van der Waals surface area contributed by atoms with Gasteiger partial charge in [-0.1, -0.05) is 6.07 Å². The highest BCUT2D eigenvalue weighted by molar-refractivity contribution is 7.17. The molecule has 104 valence electrons. The summed E-state index contributed by atoms with van der Waals surface area (Å²) in [5.74, 6) is -1.05. The summed E-state index contributed by atoms with van der Waals surface area (Å²) in [4.78, 5) is 23.5. The van der Waals surface area contributed by atoms with Crippen molar-refractivity contribution in [2.24, 2.45) is 0 Å². The number of carboxylic acids is 1. The lowest BCUT2D eigenvalue weighted by atomic mass is 10.1. The van der Waals surface area contributed by atoms with Crippen LogP contribution in [0.1, 0.15) is 20.0 Å². The van der Waals surface area contributed by atoms with Crippen LogP contribution in [-0.4, -0.2) is 31.3 Å². The van der Waals surface area contributed by atoms with E-state index in [1.807, 2.05) is 0 Å². The molecule has 1 heterocycles. The average molecular weight is 292 g/mol. The summed E-state index contributed by atoms with van der Waals surface area (Å²) >= 11 is 1.16. The van der Waals surface area contributed by atoms with Crippen LogP contribution < -0.4 is 4.74 Å². The molecule has 5 nitrogen and oxygen atoms in total. The largest absolute Gasteiger partial charge is 0.496 e. The van der Waals surface area contributed by atoms with Gasteiger partial charge in [0, 0.05) is 4.88 Å². The first-order valence-corrected chi connectivity index (χ1v) is 6.48. The molecule has 0 bridgehead atoms. The smallest absolute Gasteiger partial charge is 0.345 e. The molecule has 1 N–H and O–H groups in total. The Kier molecular flexibility index (Phi) is 4.05. The standard InChI is InChI=1S/C14H12O5S/c1-18-10-7-8(3-4-9(10)14(17)19-2)11-5-6-12(20-11)13(15)16/h3-7H,1-2H3,(H,15,16). The van der Waals surface area contributed by atoms with Crippen molar-refractivity contribution in [3.05, 3.63) is 40.8 Å². The second kappa shape index (κ2) is 5.75. The van der Waals surface area contributed by atoms with E-state index in [0.717, 1.165) is 21.8 Å². The van der Waals surface area contributed by atoms with E-state index >= 15 is 0 Å². The van der Waals surface area contributed by atoms with E-state index in [-0.39, 0.29) is 4.88 Å². The van der Waals surface area contributed by atoms with Crippen molar-refractivity contribution < 1.29 is 24.2 Å². The Hall–Kier alpha value is -2.34. The van der Waals surface area contributed by atoms with Gasteiger partial charge in [-0.15, -0.1) is 11.3 Å². The summed E-state index contributed by atoms with van der Waals surface area (Å²) in [7, 11) is 2.76. The Morgan fingerprint density at radius 1 is 1.15 bits per heavy atom. The van der Waals surface area contributed by atoms with E-state index in [1.54, 1.807) is 30.3 Å². The maximum atomic E-state index is 11.6. The van der Waals surface area contributed by atoms with Crippen molar-refractivity contribution in [2.75, 3.05) is 14.2 Å². The fourth-order valence-electron chi connectivity index (χ4n) is 1.73. The van der Waals surface area contributed by atoms with Crippen LogP contribution in [-0.2, 0) is 4.74 Å². The van der Waals surface area contributed by atoms with E-state index in [0.29, 0.717) is 11.3 Å². The molecular weight excluding hydrogens is 280 g/mol. The monoisotopic (exact) mass is 292 g/mol. The number of ether oxygens (including phenoxy) is 2. The molecule has 1 aromatic heterocycles. The third-order valence-electron chi connectivity index (χ3n) is 2.71. The van der Waals surface area contributed by atoms with Crippen LogP contribution in [0.2, 0.25) is 0 Å². The molecule has 0 aliphatic heterocycles. The van der Waals surface area contributed by atoms with Gasteiger partial charge in [-0.3, -0.25) is 0 Å². The number of aromatic carboxylic acids is 1. The van der Waals surface area contributed by atoms with E-state index in [1.165, 1.54) is 14.2 Å². The van der Waals surface area contributed by atoms with Crippen LogP contribution in [0.3, 0.4) is 0 Å². The minimum atomic E-state index is -0.959. The topological polar surface area (TPSA) is 72.8 Å². The van der Waals surface area contributed by atoms with Gasteiger partial charge in [0.15, 0.2) is 0 Å². The van der Waals surface area contributed by atoms with Crippen LogP contribution >= 0.6 is 11.3 Å². The van der Waals surface area contributed by atoms with Gasteiger partial charge in [-0.25, -0.2) is 9.59 Å². The van der Waals surface area contributed by atoms with Gasteiger partial charge in [0.25, 0.3) is 0 Å². The van der Waals surface area contributed by atoms with E-state index in [9.17, 15) is 9.59 Å². The lowest BCUT2D eigenvalue weighted by molar-refractivity contribution is 0.0596. The number of rotatable bonds is 4. The molecule has 0 saturated carbocycles. The summed E-state index contributed by atoms with van der Waals surface area (Å²) in [6.07, 6.45) is 0. The second-order valence-electron chi connectivity index (χ2n) is 3.88. The Morgan fingerprint density at radius 2 is 1.90 bits per heavy atom. The van der Waals surface area contributed by atoms with Gasteiger partial charge < -0.3 is 14.6 Å². The van der Waals surface area contributed by atoms with Gasteiger partial charge in [-0.05, 0) is 29.8 Å². The van der Waals surface area contributed by atoms with Crippen LogP contribution in [0.15, 0.2) is 30.3 Å². The van der Waals surface area contributed by atoms with Crippen molar-refractivity contribution in [1.29, 1.82) is 0 Å². The molecule has 20 heavy (non-hydrogen) atoms. The maximum Gasteiger partial charge on any atom is 0.345 e. The Balaban J connectivity index is 2.42. The first-order chi connectivity index (χ1) is 9.56. The molecule has 0 spiro atoms. The van der Waals surface area contributed by atoms with Crippen molar-refractivity contribution >= 4 is 23.3 Å². The molecule has 2 aromatic rings. The number of thiophene rings is 1. The predicted octanol–water partition coefficient (Wildman–Crippen LogP) is 2.91. The molecule has 0 aliphatic carbocycles. The summed E-state index contributed by atoms with van der Waals surface area (Å²) in [5.41, 5.74) is 1.11. The zero-order chi connectivity index (χ0) is 14.7. The summed E-state index contributed by atoms with van der Waals surface area (Å²) in [5, 5.41) is 8.92. The quantitative estimate of drug-likeness (QED) is 0.877. The number of carbonyl (C=O) groups is 2. The highest BCUT2D eigenvalue weighted by Gasteiger charge is 2.15. The van der Waals surface area contributed by atoms with Crippen molar-refractivity contribution in [2.45, 2.75) is 0 Å². The van der Waals surface area contributed by atoms with Gasteiger partial charge in [-0.2, -0.15) is 0 Å². The average Bonchev–Trinajstić information content (AvgIpc) is 2.95. The number of carboxylic acid groups (broad SMARTS) is 1. The van der Waals surface area contributed by atoms with Crippen LogP contribution in [0, 0.1) is 0 Å². The van der Waals surface area contributed by atoms with E-state index in [4.69, 9.17) is 9.84 Å². The molecule has 0 saturated heterocycles. The molecule has 0 radical (unpaired) electrons. The molecule has 6 heteroatoms. The number of carbonyl (C=O) groups excluding carboxylic acids is 1. The first kappa shape index (κ1) is 14.1. The van der Waals surface area contributed by atoms with Crippen molar-refractivity contribution in [3.8, 4) is 16.2 Å². The fourth-order valence-corrected chi connectivity index (χ4v) is 2.57. The van der Waals surface area contributed by atoms with Crippen molar-refractivity contribution in [3.63, 3.8) is 0 Å². The Bertz CT molecular complexity index is 659. The number of methoxy groups -OCH3 is 2. The third kappa shape index (κ3) is 2.65. The Morgan fingerprint density at radius 3 is 2.45 bits per heavy atom. The van der Waals surface area contributed by atoms with Gasteiger partial charge in [0.2, 0.25) is 0 Å². The van der Waals surface area contributed by atoms with Crippen LogP contribution in [0.5, 0.6) is 5.75 Å². The minimum Gasteiger partial charge on any atom is -0.496 e.